The predicted octanol–water partition coefficient (Wildman–Crippen LogP) is 2.86. The van der Waals surface area contributed by atoms with Gasteiger partial charge in [-0.05, 0) is 67.8 Å². The van der Waals surface area contributed by atoms with E-state index in [1.807, 2.05) is 0 Å². The number of unbranched alkanes of at least 4 members (excludes halogenated alkanes) is 12. The van der Waals surface area contributed by atoms with Crippen molar-refractivity contribution in [3.8, 4) is 22.6 Å². The van der Waals surface area contributed by atoms with E-state index in [1.165, 1.54) is 116 Å². The van der Waals surface area contributed by atoms with E-state index < -0.39 is 85.4 Å². The van der Waals surface area contributed by atoms with Crippen LogP contribution in [0.5, 0.6) is 11.5 Å². The van der Waals surface area contributed by atoms with Gasteiger partial charge in [0.1, 0.15) is 41.9 Å². The number of hydrogen-bond acceptors (Lipinski definition) is 13. The van der Waals surface area contributed by atoms with Gasteiger partial charge in [0.25, 0.3) is 0 Å². The molecule has 11 N–H and O–H groups in total. The quantitative estimate of drug-likeness (QED) is 0.0349. The van der Waals surface area contributed by atoms with Gasteiger partial charge in [0.2, 0.25) is 29.5 Å². The number of amides is 5. The molecule has 0 aliphatic carbocycles. The van der Waals surface area contributed by atoms with Gasteiger partial charge < -0.3 is 56.4 Å². The van der Waals surface area contributed by atoms with Crippen LogP contribution in [0.1, 0.15) is 121 Å². The molecule has 69 heavy (non-hydrogen) atoms. The van der Waals surface area contributed by atoms with Crippen LogP contribution in [0.2, 0.25) is 0 Å². The molecule has 0 spiro atoms. The number of phenols is 2. The summed E-state index contributed by atoms with van der Waals surface area (Å²) in [5.74, 6) is -5.71. The number of aliphatic carboxylic acids is 1. The minimum atomic E-state index is -2.08. The molecule has 19 nitrogen and oxygen atoms in total. The Bertz CT molecular complexity index is 2050. The second-order valence-corrected chi connectivity index (χ2v) is 17.9. The summed E-state index contributed by atoms with van der Waals surface area (Å²) in [7, 11) is 4.08. The summed E-state index contributed by atoms with van der Waals surface area (Å²) in [6.45, 7) is 5.60. The van der Waals surface area contributed by atoms with E-state index in [1.54, 1.807) is 0 Å². The van der Waals surface area contributed by atoms with E-state index >= 15 is 0 Å². The minimum Gasteiger partial charge on any atom is -0.507 e. The van der Waals surface area contributed by atoms with Crippen molar-refractivity contribution in [1.29, 1.82) is 0 Å². The fourth-order valence-corrected chi connectivity index (χ4v) is 8.57. The number of aliphatic hydroxyl groups excluding tert-OH is 3. The maximum atomic E-state index is 14.2. The monoisotopic (exact) mass is 968 g/mol. The second kappa shape index (κ2) is 28.8. The van der Waals surface area contributed by atoms with Crippen molar-refractivity contribution < 1.29 is 59.4 Å². The van der Waals surface area contributed by atoms with Gasteiger partial charge in [-0.1, -0.05) is 103 Å². The third kappa shape index (κ3) is 16.2. The summed E-state index contributed by atoms with van der Waals surface area (Å²) in [6, 6.07) is 2.61. The smallest absolute Gasteiger partial charge is 0.326 e. The van der Waals surface area contributed by atoms with E-state index in [0.717, 1.165) is 35.5 Å². The van der Waals surface area contributed by atoms with E-state index in [-0.39, 0.29) is 58.9 Å². The molecule has 6 atom stereocenters. The summed E-state index contributed by atoms with van der Waals surface area (Å²) < 4.78 is 0. The van der Waals surface area contributed by atoms with Gasteiger partial charge in [-0.2, -0.15) is 0 Å². The molecule has 1 aliphatic heterocycles. The number of carbonyl (C=O) groups excluding carboxylic acids is 5. The van der Waals surface area contributed by atoms with Crippen molar-refractivity contribution >= 4 is 35.5 Å². The Kier molecular flexibility index (Phi) is 24.1. The zero-order chi connectivity index (χ0) is 51.3. The Morgan fingerprint density at radius 2 is 1.39 bits per heavy atom. The molecule has 1 aliphatic rings. The lowest BCUT2D eigenvalue weighted by Gasteiger charge is -2.46. The lowest BCUT2D eigenvalue weighted by atomic mass is 9.89. The number of aromatic hydroxyl groups is 2. The van der Waals surface area contributed by atoms with Crippen molar-refractivity contribution in [1.82, 2.24) is 36.4 Å². The Morgan fingerprint density at radius 1 is 0.826 bits per heavy atom. The number of carbonyl (C=O) groups is 6. The Labute approximate surface area is 406 Å². The molecular formula is C50H77N7O12. The van der Waals surface area contributed by atoms with E-state index in [4.69, 9.17) is 0 Å². The van der Waals surface area contributed by atoms with Gasteiger partial charge in [-0.3, -0.25) is 34.6 Å². The molecular weight excluding hydrogens is 891 g/mol. The fourth-order valence-electron chi connectivity index (χ4n) is 8.57. The van der Waals surface area contributed by atoms with E-state index in [2.05, 4.69) is 40.1 Å². The van der Waals surface area contributed by atoms with Gasteiger partial charge in [-0.25, -0.2) is 4.79 Å². The highest BCUT2D eigenvalue weighted by Gasteiger charge is 2.47. The first-order chi connectivity index (χ1) is 32.9. The molecule has 1 unspecified atom stereocenters. The standard InChI is InChI=1S/C50H77N7O12/c1-7-8-9-10-11-12-13-14-15-16-17-18-19-20-42(62)56(5)39(31-59)46(65)53-33(3)45(64)52-30-43(63)57(6)50(51-4)35-22-24-41(61)37(29-35)36-27-34(21-23-40(36)60)28-38(48(67)68)54-47(66)44(55-49(50)69)32(2)25-26-58/h21-24,27,29,33,38-39,44,49,51,55,58-61,69H,2,7-20,25-26,28,30-31H2,1,3-6H3,(H,52,64)(H,53,65)(H,54,66)(H,67,68)/t33-,38+,39-,44+,49?,50+/m1/s1. The topological polar surface area (TPSA) is 290 Å². The molecule has 2 aromatic rings. The van der Waals surface area contributed by atoms with Crippen molar-refractivity contribution in [3.63, 3.8) is 0 Å². The van der Waals surface area contributed by atoms with Crippen LogP contribution in [0.4, 0.5) is 0 Å². The van der Waals surface area contributed by atoms with Crippen LogP contribution in [-0.2, 0) is 40.9 Å². The summed E-state index contributed by atoms with van der Waals surface area (Å²) >= 11 is 0. The number of fused-ring (bicyclic) bond motifs is 5. The number of phenolic OH excluding ortho intramolecular Hbond substituents is 2. The van der Waals surface area contributed by atoms with Gasteiger partial charge >= 0.3 is 5.97 Å². The van der Waals surface area contributed by atoms with Crippen LogP contribution < -0.4 is 26.6 Å². The fraction of sp³-hybridized carbons (Fsp3) is 0.600. The number of carboxylic acid groups (broad SMARTS) is 1. The van der Waals surface area contributed by atoms with E-state index in [0.29, 0.717) is 12.0 Å². The highest BCUT2D eigenvalue weighted by molar-refractivity contribution is 5.93. The normalized spacial score (nSPS) is 19.0. The number of carboxylic acids is 1. The van der Waals surface area contributed by atoms with Crippen LogP contribution in [0.15, 0.2) is 48.6 Å². The summed E-state index contributed by atoms with van der Waals surface area (Å²) in [5.41, 5.74) is -1.48. The largest absolute Gasteiger partial charge is 0.507 e. The minimum absolute atomic E-state index is 0.0275. The van der Waals surface area contributed by atoms with Crippen LogP contribution >= 0.6 is 0 Å². The molecule has 0 radical (unpaired) electrons. The Morgan fingerprint density at radius 3 is 1.94 bits per heavy atom. The third-order valence-electron chi connectivity index (χ3n) is 12.9. The molecule has 1 heterocycles. The first kappa shape index (κ1) is 57.7. The maximum absolute atomic E-state index is 14.2. The van der Waals surface area contributed by atoms with Gasteiger partial charge in [0, 0.05) is 44.7 Å². The lowest BCUT2D eigenvalue weighted by Crippen LogP contribution is -2.69. The molecule has 4 bridgehead atoms. The van der Waals surface area contributed by atoms with Gasteiger partial charge in [-0.15, -0.1) is 0 Å². The Hall–Kier alpha value is -5.60. The summed E-state index contributed by atoms with van der Waals surface area (Å²) in [6.07, 6.45) is 12.8. The number of aliphatic hydroxyl groups is 3. The number of rotatable bonds is 27. The summed E-state index contributed by atoms with van der Waals surface area (Å²) in [4.78, 5) is 82.3. The molecule has 19 heteroatoms. The van der Waals surface area contributed by atoms with Gasteiger partial charge in [0.05, 0.1) is 13.2 Å². The number of hydrogen-bond donors (Lipinski definition) is 11. The SMILES string of the molecule is C=C(CCO)[C@@H]1NC(O)[C@@](NC)(N(C)C(=O)CNC(=O)[C@@H](C)NC(=O)[C@@H](CO)N(C)C(=O)CCCCCCCCCCCCCCC)c2ccc(O)c(c2)-c2cc(ccc2O)C[C@@H](C(=O)O)NC1=O. The van der Waals surface area contributed by atoms with Crippen LogP contribution in [-0.4, -0.2) is 147 Å². The first-order valence-corrected chi connectivity index (χ1v) is 24.2. The summed E-state index contributed by atoms with van der Waals surface area (Å²) in [5, 5.41) is 77.3. The molecule has 3 rings (SSSR count). The highest BCUT2D eigenvalue weighted by atomic mass is 16.4. The molecule has 0 fully saturated rings. The van der Waals surface area contributed by atoms with Crippen molar-refractivity contribution in [2.24, 2.45) is 0 Å². The highest BCUT2D eigenvalue weighted by Crippen LogP contribution is 2.40. The number of nitrogens with one attached hydrogen (secondary N) is 5. The van der Waals surface area contributed by atoms with Crippen LogP contribution in [0.25, 0.3) is 11.1 Å². The molecule has 0 saturated heterocycles. The number of nitrogens with zero attached hydrogens (tertiary/aromatic N) is 2. The number of benzene rings is 2. The molecule has 384 valence electrons. The zero-order valence-corrected chi connectivity index (χ0v) is 41.0. The van der Waals surface area contributed by atoms with Crippen molar-refractivity contribution in [2.45, 2.75) is 153 Å². The molecule has 2 aromatic carbocycles. The lowest BCUT2D eigenvalue weighted by molar-refractivity contribution is -0.148. The molecule has 5 amide bonds. The van der Waals surface area contributed by atoms with Crippen molar-refractivity contribution in [3.05, 3.63) is 59.7 Å². The number of likely N-dealkylation sites (N-methyl/N-ethyl adjacent to an activating group) is 3. The van der Waals surface area contributed by atoms with Gasteiger partial charge in [0.15, 0.2) is 5.66 Å². The average molecular weight is 968 g/mol. The first-order valence-electron chi connectivity index (χ1n) is 24.2. The van der Waals surface area contributed by atoms with Crippen LogP contribution in [0, 0.1) is 0 Å². The van der Waals surface area contributed by atoms with Crippen molar-refractivity contribution in [2.75, 3.05) is 40.9 Å². The predicted molar refractivity (Wildman–Crippen MR) is 260 cm³/mol. The maximum Gasteiger partial charge on any atom is 0.326 e. The van der Waals surface area contributed by atoms with Crippen LogP contribution in [0.3, 0.4) is 0 Å². The molecule has 0 saturated carbocycles. The second-order valence-electron chi connectivity index (χ2n) is 17.9. The molecule has 0 aromatic heterocycles. The Balaban J connectivity index is 1.75. The van der Waals surface area contributed by atoms with E-state index in [9.17, 15) is 59.4 Å². The zero-order valence-electron chi connectivity index (χ0n) is 41.0. The average Bonchev–Trinajstić information content (AvgIpc) is 3.32. The third-order valence-corrected chi connectivity index (χ3v) is 12.9.